The van der Waals surface area contributed by atoms with E-state index in [1.807, 2.05) is 60.7 Å². The molecule has 1 saturated heterocycles. The number of hydrogen-bond acceptors (Lipinski definition) is 2. The molecule has 2 atom stereocenters. The molecule has 24 heavy (non-hydrogen) atoms. The van der Waals surface area contributed by atoms with Crippen LogP contribution in [0.2, 0.25) is 0 Å². The van der Waals surface area contributed by atoms with E-state index in [0.717, 1.165) is 17.5 Å². The van der Waals surface area contributed by atoms with E-state index in [2.05, 4.69) is 0 Å². The van der Waals surface area contributed by atoms with Gasteiger partial charge in [0.2, 0.25) is 5.91 Å². The average Bonchev–Trinajstić information content (AvgIpc) is 2.61. The largest absolute Gasteiger partial charge is 0.481 e. The van der Waals surface area contributed by atoms with Crippen LogP contribution in [0, 0.1) is 5.92 Å². The van der Waals surface area contributed by atoms with E-state index in [-0.39, 0.29) is 5.91 Å². The van der Waals surface area contributed by atoms with Crippen molar-refractivity contribution in [3.63, 3.8) is 0 Å². The summed E-state index contributed by atoms with van der Waals surface area (Å²) in [7, 11) is 0. The molecule has 0 spiro atoms. The second-order valence-corrected chi connectivity index (χ2v) is 6.16. The smallest absolute Gasteiger partial charge is 0.308 e. The Kier molecular flexibility index (Phi) is 4.94. The molecular weight excluding hydrogens is 302 g/mol. The number of rotatable bonds is 5. The Hall–Kier alpha value is -2.62. The first-order chi connectivity index (χ1) is 11.7. The van der Waals surface area contributed by atoms with E-state index in [0.29, 0.717) is 19.4 Å². The third-order valence-corrected chi connectivity index (χ3v) is 4.65. The summed E-state index contributed by atoms with van der Waals surface area (Å²) in [5.41, 5.74) is 2.04. The van der Waals surface area contributed by atoms with Gasteiger partial charge >= 0.3 is 5.97 Å². The summed E-state index contributed by atoms with van der Waals surface area (Å²) in [6, 6.07) is 19.1. The number of nitrogens with zero attached hydrogens (tertiary/aromatic N) is 1. The van der Waals surface area contributed by atoms with Gasteiger partial charge in [-0.1, -0.05) is 60.7 Å². The highest BCUT2D eigenvalue weighted by Crippen LogP contribution is 2.36. The van der Waals surface area contributed by atoms with E-state index < -0.39 is 17.9 Å². The molecule has 2 aromatic carbocycles. The van der Waals surface area contributed by atoms with Gasteiger partial charge in [0.15, 0.2) is 0 Å². The van der Waals surface area contributed by atoms with Crippen LogP contribution >= 0.6 is 0 Å². The van der Waals surface area contributed by atoms with Gasteiger partial charge in [0.05, 0.1) is 12.0 Å². The highest BCUT2D eigenvalue weighted by Gasteiger charge is 2.40. The minimum atomic E-state index is -0.832. The van der Waals surface area contributed by atoms with Gasteiger partial charge in [-0.2, -0.15) is 0 Å². The first kappa shape index (κ1) is 16.2. The van der Waals surface area contributed by atoms with Gasteiger partial charge in [0.25, 0.3) is 0 Å². The van der Waals surface area contributed by atoms with Crippen LogP contribution in [0.4, 0.5) is 0 Å². The summed E-state index contributed by atoms with van der Waals surface area (Å²) in [6.07, 6.45) is 1.42. The second-order valence-electron chi connectivity index (χ2n) is 6.16. The van der Waals surface area contributed by atoms with E-state index in [4.69, 9.17) is 0 Å². The molecule has 1 N–H and O–H groups in total. The molecule has 4 nitrogen and oxygen atoms in total. The van der Waals surface area contributed by atoms with Crippen molar-refractivity contribution in [3.8, 4) is 0 Å². The van der Waals surface area contributed by atoms with Gasteiger partial charge in [-0.25, -0.2) is 0 Å². The summed E-state index contributed by atoms with van der Waals surface area (Å²) in [5.74, 6) is -1.35. The number of carboxylic acids is 1. The Morgan fingerprint density at radius 1 is 1.04 bits per heavy atom. The Labute approximate surface area is 141 Å². The first-order valence-corrected chi connectivity index (χ1v) is 8.28. The Morgan fingerprint density at radius 3 is 2.29 bits per heavy atom. The van der Waals surface area contributed by atoms with Gasteiger partial charge in [-0.15, -0.1) is 0 Å². The van der Waals surface area contributed by atoms with Crippen molar-refractivity contribution in [1.82, 2.24) is 4.90 Å². The van der Waals surface area contributed by atoms with Gasteiger partial charge in [-0.05, 0) is 24.0 Å². The minimum Gasteiger partial charge on any atom is -0.481 e. The normalized spacial score (nSPS) is 20.8. The monoisotopic (exact) mass is 323 g/mol. The van der Waals surface area contributed by atoms with Crippen molar-refractivity contribution in [1.29, 1.82) is 0 Å². The molecule has 0 aliphatic carbocycles. The molecule has 1 amide bonds. The van der Waals surface area contributed by atoms with Crippen LogP contribution in [-0.4, -0.2) is 28.4 Å². The quantitative estimate of drug-likeness (QED) is 0.918. The molecule has 0 aromatic heterocycles. The fourth-order valence-electron chi connectivity index (χ4n) is 3.43. The lowest BCUT2D eigenvalue weighted by molar-refractivity contribution is -0.152. The average molecular weight is 323 g/mol. The molecule has 0 unspecified atom stereocenters. The molecule has 1 aliphatic rings. The zero-order valence-electron chi connectivity index (χ0n) is 13.5. The molecule has 1 aliphatic heterocycles. The molecular formula is C20H21NO3. The third-order valence-electron chi connectivity index (χ3n) is 4.65. The van der Waals surface area contributed by atoms with Crippen LogP contribution in [0.1, 0.15) is 30.0 Å². The predicted molar refractivity (Wildman–Crippen MR) is 91.4 cm³/mol. The lowest BCUT2D eigenvalue weighted by atomic mass is 9.84. The molecule has 1 fully saturated rings. The molecule has 124 valence electrons. The number of piperidine rings is 1. The SMILES string of the molecule is O=C(O)[C@@H]1CCC(=O)N(CCc2ccccc2)[C@H]1c1ccccc1. The highest BCUT2D eigenvalue weighted by atomic mass is 16.4. The number of hydrogen-bond donors (Lipinski definition) is 1. The van der Waals surface area contributed by atoms with Gasteiger partial charge in [-0.3, -0.25) is 9.59 Å². The van der Waals surface area contributed by atoms with Crippen LogP contribution in [0.3, 0.4) is 0 Å². The van der Waals surface area contributed by atoms with E-state index >= 15 is 0 Å². The van der Waals surface area contributed by atoms with Crippen LogP contribution in [0.5, 0.6) is 0 Å². The van der Waals surface area contributed by atoms with Gasteiger partial charge in [0.1, 0.15) is 0 Å². The van der Waals surface area contributed by atoms with Crippen molar-refractivity contribution in [2.24, 2.45) is 5.92 Å². The van der Waals surface area contributed by atoms with Crippen molar-refractivity contribution >= 4 is 11.9 Å². The molecule has 4 heteroatoms. The Balaban J connectivity index is 1.87. The topological polar surface area (TPSA) is 57.6 Å². The van der Waals surface area contributed by atoms with E-state index in [9.17, 15) is 14.7 Å². The zero-order chi connectivity index (χ0) is 16.9. The number of benzene rings is 2. The van der Waals surface area contributed by atoms with Crippen molar-refractivity contribution in [3.05, 3.63) is 71.8 Å². The lowest BCUT2D eigenvalue weighted by Crippen LogP contribution is -2.46. The number of amides is 1. The second kappa shape index (κ2) is 7.30. The van der Waals surface area contributed by atoms with E-state index in [1.54, 1.807) is 4.90 Å². The number of carboxylic acid groups (broad SMARTS) is 1. The van der Waals surface area contributed by atoms with Crippen molar-refractivity contribution in [2.75, 3.05) is 6.54 Å². The van der Waals surface area contributed by atoms with Crippen LogP contribution < -0.4 is 0 Å². The number of likely N-dealkylation sites (tertiary alicyclic amines) is 1. The number of carbonyl (C=O) groups excluding carboxylic acids is 1. The van der Waals surface area contributed by atoms with Crippen molar-refractivity contribution in [2.45, 2.75) is 25.3 Å². The maximum Gasteiger partial charge on any atom is 0.308 e. The first-order valence-electron chi connectivity index (χ1n) is 8.28. The van der Waals surface area contributed by atoms with Crippen LogP contribution in [0.15, 0.2) is 60.7 Å². The summed E-state index contributed by atoms with van der Waals surface area (Å²) in [5, 5.41) is 9.62. The van der Waals surface area contributed by atoms with Crippen LogP contribution in [0.25, 0.3) is 0 Å². The minimum absolute atomic E-state index is 0.0392. The number of carbonyl (C=O) groups is 2. The van der Waals surface area contributed by atoms with Gasteiger partial charge in [0, 0.05) is 13.0 Å². The molecule has 2 aromatic rings. The van der Waals surface area contributed by atoms with Crippen molar-refractivity contribution < 1.29 is 14.7 Å². The maximum atomic E-state index is 12.5. The fourth-order valence-corrected chi connectivity index (χ4v) is 3.43. The summed E-state index contributed by atoms with van der Waals surface area (Å²) < 4.78 is 0. The fraction of sp³-hybridized carbons (Fsp3) is 0.300. The summed E-state index contributed by atoms with van der Waals surface area (Å²) >= 11 is 0. The zero-order valence-corrected chi connectivity index (χ0v) is 13.5. The predicted octanol–water partition coefficient (Wildman–Crippen LogP) is 3.29. The van der Waals surface area contributed by atoms with E-state index in [1.165, 1.54) is 0 Å². The molecule has 0 bridgehead atoms. The third kappa shape index (κ3) is 3.48. The molecule has 3 rings (SSSR count). The molecule has 1 heterocycles. The molecule has 0 saturated carbocycles. The Morgan fingerprint density at radius 2 is 1.67 bits per heavy atom. The number of aliphatic carboxylic acids is 1. The highest BCUT2D eigenvalue weighted by molar-refractivity contribution is 5.81. The van der Waals surface area contributed by atoms with Crippen LogP contribution in [-0.2, 0) is 16.0 Å². The summed E-state index contributed by atoms with van der Waals surface area (Å²) in [6.45, 7) is 0.534. The Bertz CT molecular complexity index is 699. The van der Waals surface area contributed by atoms with Gasteiger partial charge < -0.3 is 10.0 Å². The maximum absolute atomic E-state index is 12.5. The lowest BCUT2D eigenvalue weighted by Gasteiger charge is -2.40. The standard InChI is InChI=1S/C20H21NO3/c22-18-12-11-17(20(23)24)19(16-9-5-2-6-10-16)21(18)14-13-15-7-3-1-4-8-15/h1-10,17,19H,11-14H2,(H,23,24)/t17-,19+/m1/s1. The summed E-state index contributed by atoms with van der Waals surface area (Å²) in [4.78, 5) is 26.0. The molecule has 0 radical (unpaired) electrons.